The lowest BCUT2D eigenvalue weighted by atomic mass is 10.0. The van der Waals surface area contributed by atoms with Gasteiger partial charge in [0, 0.05) is 24.3 Å². The number of esters is 1. The van der Waals surface area contributed by atoms with Crippen molar-refractivity contribution in [3.8, 4) is 0 Å². The molecule has 0 bridgehead atoms. The molecule has 0 aliphatic rings. The molecule has 0 fully saturated rings. The molecule has 1 aromatic rings. The number of ether oxygens (including phenoxy) is 2. The van der Waals surface area contributed by atoms with Gasteiger partial charge in [-0.15, -0.1) is 0 Å². The van der Waals surface area contributed by atoms with E-state index in [2.05, 4.69) is 5.32 Å². The molecule has 0 aliphatic carbocycles. The average Bonchev–Trinajstić information content (AvgIpc) is 2.50. The first-order chi connectivity index (χ1) is 10.6. The molecule has 1 N–H and O–H groups in total. The topological polar surface area (TPSA) is 64.6 Å². The zero-order valence-electron chi connectivity index (χ0n) is 12.9. The minimum atomic E-state index is -0.614. The van der Waals surface area contributed by atoms with Crippen LogP contribution in [-0.4, -0.2) is 44.7 Å². The molecule has 1 unspecified atom stereocenters. The number of ketones is 1. The molecule has 0 amide bonds. The van der Waals surface area contributed by atoms with Crippen molar-refractivity contribution in [3.05, 3.63) is 34.9 Å². The van der Waals surface area contributed by atoms with E-state index in [-0.39, 0.29) is 12.2 Å². The molecule has 0 saturated heterocycles. The summed E-state index contributed by atoms with van der Waals surface area (Å²) in [6.07, 6.45) is 0.756. The lowest BCUT2D eigenvalue weighted by molar-refractivity contribution is -0.143. The smallest absolute Gasteiger partial charge is 0.307 e. The van der Waals surface area contributed by atoms with Crippen LogP contribution >= 0.6 is 11.6 Å². The van der Waals surface area contributed by atoms with Crippen molar-refractivity contribution in [2.75, 3.05) is 26.9 Å². The Labute approximate surface area is 135 Å². The Morgan fingerprint density at radius 3 is 2.55 bits per heavy atom. The lowest BCUT2D eigenvalue weighted by Gasteiger charge is -2.17. The molecule has 0 heterocycles. The minimum absolute atomic E-state index is 0.00226. The number of carbonyl (C=O) groups excluding carboxylic acids is 2. The van der Waals surface area contributed by atoms with Crippen molar-refractivity contribution in [1.29, 1.82) is 0 Å². The van der Waals surface area contributed by atoms with Gasteiger partial charge in [-0.3, -0.25) is 9.59 Å². The van der Waals surface area contributed by atoms with Gasteiger partial charge in [0.2, 0.25) is 0 Å². The van der Waals surface area contributed by atoms with Crippen molar-refractivity contribution >= 4 is 23.4 Å². The number of methoxy groups -OCH3 is 1. The molecule has 0 spiro atoms. The summed E-state index contributed by atoms with van der Waals surface area (Å²) < 4.78 is 9.90. The van der Waals surface area contributed by atoms with Crippen molar-refractivity contribution < 1.29 is 19.1 Å². The third kappa shape index (κ3) is 6.56. The summed E-state index contributed by atoms with van der Waals surface area (Å²) in [6, 6.07) is 6.00. The quantitative estimate of drug-likeness (QED) is 0.406. The molecule has 6 heteroatoms. The summed E-state index contributed by atoms with van der Waals surface area (Å²) in [5, 5.41) is 3.65. The highest BCUT2D eigenvalue weighted by Crippen LogP contribution is 2.13. The number of halogens is 1. The van der Waals surface area contributed by atoms with Gasteiger partial charge in [-0.05, 0) is 44.2 Å². The van der Waals surface area contributed by atoms with E-state index in [0.29, 0.717) is 30.3 Å². The van der Waals surface area contributed by atoms with Crippen molar-refractivity contribution in [2.45, 2.75) is 25.8 Å². The molecule has 5 nitrogen and oxygen atoms in total. The van der Waals surface area contributed by atoms with Gasteiger partial charge in [-0.2, -0.15) is 0 Å². The summed E-state index contributed by atoms with van der Waals surface area (Å²) in [6.45, 7) is 3.20. The first-order valence-corrected chi connectivity index (χ1v) is 7.64. The van der Waals surface area contributed by atoms with Crippen molar-refractivity contribution in [2.24, 2.45) is 0 Å². The molecule has 22 heavy (non-hydrogen) atoms. The molecular weight excluding hydrogens is 306 g/mol. The average molecular weight is 328 g/mol. The van der Waals surface area contributed by atoms with Crippen LogP contribution < -0.4 is 5.32 Å². The fourth-order valence-corrected chi connectivity index (χ4v) is 2.08. The van der Waals surface area contributed by atoms with Gasteiger partial charge in [0.25, 0.3) is 0 Å². The number of hydrogen-bond acceptors (Lipinski definition) is 5. The predicted molar refractivity (Wildman–Crippen MR) is 85.3 cm³/mol. The number of hydrogen-bond donors (Lipinski definition) is 1. The van der Waals surface area contributed by atoms with Crippen LogP contribution in [-0.2, 0) is 14.3 Å². The van der Waals surface area contributed by atoms with Crippen LogP contribution in [0.5, 0.6) is 0 Å². The third-order valence-electron chi connectivity index (χ3n) is 3.04. The Bertz CT molecular complexity index is 476. The Balaban J connectivity index is 2.71. The number of nitrogens with one attached hydrogen (secondary N) is 1. The summed E-state index contributed by atoms with van der Waals surface area (Å²) in [7, 11) is 1.62. The fraction of sp³-hybridized carbons (Fsp3) is 0.500. The van der Waals surface area contributed by atoms with Crippen LogP contribution in [0.15, 0.2) is 24.3 Å². The van der Waals surface area contributed by atoms with Crippen LogP contribution in [0.1, 0.15) is 30.1 Å². The van der Waals surface area contributed by atoms with Gasteiger partial charge < -0.3 is 14.8 Å². The summed E-state index contributed by atoms with van der Waals surface area (Å²) >= 11 is 5.82. The zero-order chi connectivity index (χ0) is 16.4. The van der Waals surface area contributed by atoms with Crippen molar-refractivity contribution in [1.82, 2.24) is 5.32 Å². The molecule has 0 saturated carbocycles. The monoisotopic (exact) mass is 327 g/mol. The first-order valence-electron chi connectivity index (χ1n) is 7.26. The Hall–Kier alpha value is -1.43. The lowest BCUT2D eigenvalue weighted by Crippen LogP contribution is -2.39. The highest BCUT2D eigenvalue weighted by molar-refractivity contribution is 6.30. The summed E-state index contributed by atoms with van der Waals surface area (Å²) in [4.78, 5) is 24.2. The van der Waals surface area contributed by atoms with E-state index in [1.54, 1.807) is 38.3 Å². The normalized spacial score (nSPS) is 12.0. The van der Waals surface area contributed by atoms with E-state index in [4.69, 9.17) is 21.1 Å². The number of benzene rings is 1. The highest BCUT2D eigenvalue weighted by Gasteiger charge is 2.23. The van der Waals surface area contributed by atoms with Crippen LogP contribution in [0.3, 0.4) is 0 Å². The molecule has 0 radical (unpaired) electrons. The zero-order valence-corrected chi connectivity index (χ0v) is 13.7. The molecular formula is C16H22ClNO4. The fourth-order valence-electron chi connectivity index (χ4n) is 1.95. The van der Waals surface area contributed by atoms with E-state index in [1.165, 1.54) is 0 Å². The van der Waals surface area contributed by atoms with E-state index in [0.717, 1.165) is 6.42 Å². The van der Waals surface area contributed by atoms with E-state index in [1.807, 2.05) is 0 Å². The van der Waals surface area contributed by atoms with E-state index >= 15 is 0 Å². The number of Topliss-reactive ketones (excluding diaryl/α,β-unsaturated/α-hetero) is 1. The molecule has 122 valence electrons. The number of carbonyl (C=O) groups is 2. The van der Waals surface area contributed by atoms with Crippen LogP contribution in [0.4, 0.5) is 0 Å². The SMILES string of the molecule is CCOC(=O)CC(NCCCOC)C(=O)c1ccc(Cl)cc1. The van der Waals surface area contributed by atoms with Gasteiger partial charge in [0.05, 0.1) is 19.1 Å². The highest BCUT2D eigenvalue weighted by atomic mass is 35.5. The summed E-state index contributed by atoms with van der Waals surface area (Å²) in [5.41, 5.74) is 0.512. The van der Waals surface area contributed by atoms with Crippen molar-refractivity contribution in [3.63, 3.8) is 0 Å². The standard InChI is InChI=1S/C16H22ClNO4/c1-3-22-15(19)11-14(18-9-4-10-21-2)16(20)12-5-7-13(17)8-6-12/h5-8,14,18H,3-4,9-11H2,1-2H3. The van der Waals surface area contributed by atoms with E-state index < -0.39 is 12.0 Å². The molecule has 1 atom stereocenters. The largest absolute Gasteiger partial charge is 0.466 e. The predicted octanol–water partition coefficient (Wildman–Crippen LogP) is 2.47. The minimum Gasteiger partial charge on any atom is -0.466 e. The second-order valence-corrected chi connectivity index (χ2v) is 5.17. The van der Waals surface area contributed by atoms with Gasteiger partial charge in [0.15, 0.2) is 5.78 Å². The molecule has 1 rings (SSSR count). The maximum atomic E-state index is 12.5. The Kier molecular flexibility index (Phi) is 8.74. The first kappa shape index (κ1) is 18.6. The second-order valence-electron chi connectivity index (χ2n) is 4.73. The van der Waals surface area contributed by atoms with Gasteiger partial charge in [-0.25, -0.2) is 0 Å². The van der Waals surface area contributed by atoms with E-state index in [9.17, 15) is 9.59 Å². The third-order valence-corrected chi connectivity index (χ3v) is 3.29. The van der Waals surface area contributed by atoms with Crippen LogP contribution in [0.25, 0.3) is 0 Å². The maximum absolute atomic E-state index is 12.5. The second kappa shape index (κ2) is 10.3. The van der Waals surface area contributed by atoms with Crippen LogP contribution in [0.2, 0.25) is 5.02 Å². The van der Waals surface area contributed by atoms with Crippen LogP contribution in [0, 0.1) is 0 Å². The maximum Gasteiger partial charge on any atom is 0.307 e. The van der Waals surface area contributed by atoms with Gasteiger partial charge in [-0.1, -0.05) is 11.6 Å². The van der Waals surface area contributed by atoms with Gasteiger partial charge >= 0.3 is 5.97 Å². The van der Waals surface area contributed by atoms with Gasteiger partial charge in [0.1, 0.15) is 0 Å². The summed E-state index contributed by atoms with van der Waals surface area (Å²) in [5.74, 6) is -0.545. The number of rotatable bonds is 10. The molecule has 0 aliphatic heterocycles. The Morgan fingerprint density at radius 2 is 1.95 bits per heavy atom. The molecule has 1 aromatic carbocycles. The molecule has 0 aromatic heterocycles. The Morgan fingerprint density at radius 1 is 1.27 bits per heavy atom.